The minimum absolute atomic E-state index is 0.319. The van der Waals surface area contributed by atoms with E-state index in [0.717, 1.165) is 23.9 Å². The van der Waals surface area contributed by atoms with E-state index >= 15 is 0 Å². The fourth-order valence-electron chi connectivity index (χ4n) is 2.61. The van der Waals surface area contributed by atoms with Gasteiger partial charge in [-0.15, -0.1) is 0 Å². The Morgan fingerprint density at radius 2 is 1.68 bits per heavy atom. The molecule has 5 nitrogen and oxygen atoms in total. The van der Waals surface area contributed by atoms with Gasteiger partial charge in [0.2, 0.25) is 5.95 Å². The lowest BCUT2D eigenvalue weighted by atomic mass is 10.1. The lowest BCUT2D eigenvalue weighted by Crippen LogP contribution is -2.21. The highest BCUT2D eigenvalue weighted by Crippen LogP contribution is 2.22. The number of hydrogen-bond acceptors (Lipinski definition) is 5. The molecule has 2 aromatic carbocycles. The summed E-state index contributed by atoms with van der Waals surface area (Å²) in [6.45, 7) is 1.87. The molecule has 0 atom stereocenters. The van der Waals surface area contributed by atoms with Gasteiger partial charge in [-0.1, -0.05) is 36.4 Å². The van der Waals surface area contributed by atoms with Crippen LogP contribution < -0.4 is 10.6 Å². The summed E-state index contributed by atoms with van der Waals surface area (Å²) in [4.78, 5) is 11.1. The van der Waals surface area contributed by atoms with Crippen molar-refractivity contribution in [2.24, 2.45) is 0 Å². The Labute approximate surface area is 163 Å². The normalized spacial score (nSPS) is 10.9. The third-order valence-corrected chi connectivity index (χ3v) is 4.10. The zero-order valence-corrected chi connectivity index (χ0v) is 15.9. The van der Waals surface area contributed by atoms with Crippen molar-refractivity contribution in [2.45, 2.75) is 6.54 Å². The van der Waals surface area contributed by atoms with E-state index in [4.69, 9.17) is 0 Å². The highest BCUT2D eigenvalue weighted by atomic mass is 19.2. The van der Waals surface area contributed by atoms with Crippen molar-refractivity contribution < 1.29 is 8.78 Å². The predicted molar refractivity (Wildman–Crippen MR) is 108 cm³/mol. The Hall–Kier alpha value is -3.06. The molecule has 0 unspecified atom stereocenters. The van der Waals surface area contributed by atoms with Crippen molar-refractivity contribution in [2.75, 3.05) is 37.8 Å². The first kappa shape index (κ1) is 19.7. The number of rotatable bonds is 8. The quantitative estimate of drug-likeness (QED) is 0.616. The first-order valence-corrected chi connectivity index (χ1v) is 9.02. The van der Waals surface area contributed by atoms with Gasteiger partial charge in [0.1, 0.15) is 5.82 Å². The SMILES string of the molecule is CN(C)CCNc1nc(NCc2ccc(F)c(F)c2)cc(-c2ccccc2)n1. The van der Waals surface area contributed by atoms with E-state index in [1.165, 1.54) is 6.07 Å². The second kappa shape index (κ2) is 9.23. The maximum absolute atomic E-state index is 13.4. The first-order chi connectivity index (χ1) is 13.5. The molecule has 146 valence electrons. The van der Waals surface area contributed by atoms with Crippen LogP contribution in [0.15, 0.2) is 54.6 Å². The van der Waals surface area contributed by atoms with Crippen LogP contribution in [0.5, 0.6) is 0 Å². The van der Waals surface area contributed by atoms with E-state index in [0.29, 0.717) is 30.4 Å². The molecule has 0 saturated carbocycles. The number of nitrogens with one attached hydrogen (secondary N) is 2. The van der Waals surface area contributed by atoms with Gasteiger partial charge in [0.15, 0.2) is 11.6 Å². The maximum Gasteiger partial charge on any atom is 0.225 e. The molecule has 0 bridgehead atoms. The number of likely N-dealkylation sites (N-methyl/N-ethyl adjacent to an activating group) is 1. The van der Waals surface area contributed by atoms with E-state index in [9.17, 15) is 8.78 Å². The number of halogens is 2. The Kier molecular flexibility index (Phi) is 6.49. The number of hydrogen-bond donors (Lipinski definition) is 2. The van der Waals surface area contributed by atoms with Gasteiger partial charge in [-0.2, -0.15) is 4.98 Å². The summed E-state index contributed by atoms with van der Waals surface area (Å²) in [5.74, 6) is -0.607. The molecule has 0 aliphatic heterocycles. The third-order valence-electron chi connectivity index (χ3n) is 4.10. The molecule has 2 N–H and O–H groups in total. The minimum Gasteiger partial charge on any atom is -0.366 e. The zero-order valence-electron chi connectivity index (χ0n) is 15.9. The third kappa shape index (κ3) is 5.47. The molecular weight excluding hydrogens is 360 g/mol. The number of nitrogens with zero attached hydrogens (tertiary/aromatic N) is 3. The highest BCUT2D eigenvalue weighted by molar-refractivity contribution is 5.64. The Balaban J connectivity index is 1.80. The van der Waals surface area contributed by atoms with Crippen molar-refractivity contribution in [3.05, 3.63) is 71.8 Å². The van der Waals surface area contributed by atoms with E-state index in [-0.39, 0.29) is 0 Å². The van der Waals surface area contributed by atoms with Gasteiger partial charge >= 0.3 is 0 Å². The molecule has 0 amide bonds. The lowest BCUT2D eigenvalue weighted by Gasteiger charge is -2.13. The summed E-state index contributed by atoms with van der Waals surface area (Å²) in [7, 11) is 4.00. The molecule has 0 aliphatic carbocycles. The molecule has 0 saturated heterocycles. The largest absolute Gasteiger partial charge is 0.366 e. The van der Waals surface area contributed by atoms with Crippen LogP contribution in [0.25, 0.3) is 11.3 Å². The van der Waals surface area contributed by atoms with E-state index in [2.05, 4.69) is 25.5 Å². The topological polar surface area (TPSA) is 53.1 Å². The second-order valence-electron chi connectivity index (χ2n) is 6.66. The van der Waals surface area contributed by atoms with Crippen molar-refractivity contribution >= 4 is 11.8 Å². The Morgan fingerprint density at radius 1 is 0.893 bits per heavy atom. The highest BCUT2D eigenvalue weighted by Gasteiger charge is 2.08. The summed E-state index contributed by atoms with van der Waals surface area (Å²) in [5, 5.41) is 6.39. The second-order valence-corrected chi connectivity index (χ2v) is 6.66. The van der Waals surface area contributed by atoms with Crippen LogP contribution in [0.1, 0.15) is 5.56 Å². The first-order valence-electron chi connectivity index (χ1n) is 9.02. The predicted octanol–water partition coefficient (Wildman–Crippen LogP) is 4.01. The average Bonchev–Trinajstić information content (AvgIpc) is 2.69. The van der Waals surface area contributed by atoms with E-state index < -0.39 is 11.6 Å². The Bertz CT molecular complexity index is 916. The summed E-state index contributed by atoms with van der Waals surface area (Å²) < 4.78 is 26.5. The zero-order chi connectivity index (χ0) is 19.9. The fraction of sp³-hybridized carbons (Fsp3) is 0.238. The van der Waals surface area contributed by atoms with Crippen LogP contribution in [-0.4, -0.2) is 42.1 Å². The Morgan fingerprint density at radius 3 is 2.39 bits per heavy atom. The minimum atomic E-state index is -0.863. The molecule has 28 heavy (non-hydrogen) atoms. The maximum atomic E-state index is 13.4. The molecule has 0 aliphatic rings. The van der Waals surface area contributed by atoms with Crippen molar-refractivity contribution in [3.8, 4) is 11.3 Å². The molecule has 0 radical (unpaired) electrons. The van der Waals surface area contributed by atoms with E-state index in [1.807, 2.05) is 50.5 Å². The molecule has 3 aromatic rings. The molecular formula is C21H23F2N5. The average molecular weight is 383 g/mol. The lowest BCUT2D eigenvalue weighted by molar-refractivity contribution is 0.425. The van der Waals surface area contributed by atoms with Crippen LogP contribution in [0.4, 0.5) is 20.5 Å². The van der Waals surface area contributed by atoms with Crippen LogP contribution >= 0.6 is 0 Å². The van der Waals surface area contributed by atoms with Crippen LogP contribution in [0.3, 0.4) is 0 Å². The monoisotopic (exact) mass is 383 g/mol. The van der Waals surface area contributed by atoms with Gasteiger partial charge < -0.3 is 15.5 Å². The number of benzene rings is 2. The van der Waals surface area contributed by atoms with Crippen molar-refractivity contribution in [1.29, 1.82) is 0 Å². The molecule has 1 heterocycles. The van der Waals surface area contributed by atoms with Gasteiger partial charge in [-0.25, -0.2) is 13.8 Å². The summed E-state index contributed by atoms with van der Waals surface area (Å²) in [5.41, 5.74) is 2.37. The van der Waals surface area contributed by atoms with Gasteiger partial charge in [0.25, 0.3) is 0 Å². The number of aromatic nitrogens is 2. The number of anilines is 2. The van der Waals surface area contributed by atoms with Gasteiger partial charge in [0.05, 0.1) is 5.69 Å². The molecule has 0 spiro atoms. The fourth-order valence-corrected chi connectivity index (χ4v) is 2.61. The van der Waals surface area contributed by atoms with Gasteiger partial charge in [-0.3, -0.25) is 0 Å². The summed E-state index contributed by atoms with van der Waals surface area (Å²) in [6.07, 6.45) is 0. The van der Waals surface area contributed by atoms with Crippen molar-refractivity contribution in [1.82, 2.24) is 14.9 Å². The van der Waals surface area contributed by atoms with E-state index in [1.54, 1.807) is 6.07 Å². The van der Waals surface area contributed by atoms with Crippen LogP contribution in [-0.2, 0) is 6.54 Å². The summed E-state index contributed by atoms with van der Waals surface area (Å²) in [6, 6.07) is 15.5. The van der Waals surface area contributed by atoms with Crippen LogP contribution in [0.2, 0.25) is 0 Å². The smallest absolute Gasteiger partial charge is 0.225 e. The standard InChI is InChI=1S/C21H23F2N5/c1-28(2)11-10-24-21-26-19(16-6-4-3-5-7-16)13-20(27-21)25-14-15-8-9-17(22)18(23)12-15/h3-9,12-13H,10-11,14H2,1-2H3,(H2,24,25,26,27). The van der Waals surface area contributed by atoms with Gasteiger partial charge in [-0.05, 0) is 31.8 Å². The van der Waals surface area contributed by atoms with Gasteiger partial charge in [0, 0.05) is 31.3 Å². The molecule has 0 fully saturated rings. The van der Waals surface area contributed by atoms with Crippen LogP contribution in [0, 0.1) is 11.6 Å². The van der Waals surface area contributed by atoms with Crippen molar-refractivity contribution in [3.63, 3.8) is 0 Å². The molecule has 7 heteroatoms. The summed E-state index contributed by atoms with van der Waals surface area (Å²) >= 11 is 0. The molecule has 3 rings (SSSR count). The molecule has 1 aromatic heterocycles.